The van der Waals surface area contributed by atoms with E-state index < -0.39 is 0 Å². The molecule has 36 heavy (non-hydrogen) atoms. The number of hydrogen-bond acceptors (Lipinski definition) is 9. The zero-order valence-electron chi connectivity index (χ0n) is 20.4. The number of aliphatic hydroxyl groups excluding tert-OH is 1. The molecule has 1 aromatic carbocycles. The highest BCUT2D eigenvalue weighted by molar-refractivity contribution is 5.91. The number of fused-ring (bicyclic) bond motifs is 2. The molecule has 6 rings (SSSR count). The summed E-state index contributed by atoms with van der Waals surface area (Å²) in [5.74, 6) is 1.55. The van der Waals surface area contributed by atoms with Crippen molar-refractivity contribution in [1.29, 1.82) is 0 Å². The van der Waals surface area contributed by atoms with Crippen LogP contribution in [0.25, 0.3) is 16.0 Å². The number of nitrogens with two attached hydrogens (primary N) is 1. The van der Waals surface area contributed by atoms with Gasteiger partial charge in [0.15, 0.2) is 22.7 Å². The number of β-amino-alcohol motifs (C(OH)–C–C–N with tert-alkyl or cyclic N) is 1. The summed E-state index contributed by atoms with van der Waals surface area (Å²) in [5.41, 5.74) is 10.3. The number of nitrogens with one attached hydrogen (secondary N) is 1. The minimum Gasteiger partial charge on any atom is -0.395 e. The van der Waals surface area contributed by atoms with Crippen molar-refractivity contribution in [2.45, 2.75) is 31.9 Å². The highest BCUT2D eigenvalue weighted by Gasteiger charge is 2.47. The molecule has 2 saturated heterocycles. The first-order valence-electron chi connectivity index (χ1n) is 12.5. The number of rotatable bonds is 4. The Labute approximate surface area is 209 Å². The first-order valence-corrected chi connectivity index (χ1v) is 12.5. The van der Waals surface area contributed by atoms with Crippen LogP contribution in [0.3, 0.4) is 0 Å². The van der Waals surface area contributed by atoms with Crippen LogP contribution in [-0.2, 0) is 4.74 Å². The van der Waals surface area contributed by atoms with Crippen LogP contribution in [0.1, 0.15) is 19.8 Å². The average Bonchev–Trinajstić information content (AvgIpc) is 3.45. The normalized spacial score (nSPS) is 23.3. The largest absolute Gasteiger partial charge is 0.395 e. The molecule has 0 amide bonds. The zero-order chi connectivity index (χ0) is 24.9. The Morgan fingerprint density at radius 2 is 2.08 bits per heavy atom. The highest BCUT2D eigenvalue weighted by Crippen LogP contribution is 2.43. The summed E-state index contributed by atoms with van der Waals surface area (Å²) in [6.07, 6.45) is 3.90. The lowest BCUT2D eigenvalue weighted by Crippen LogP contribution is -2.50. The lowest BCUT2D eigenvalue weighted by molar-refractivity contribution is 0.0974. The highest BCUT2D eigenvalue weighted by atomic mass is 16.5. The third-order valence-corrected chi connectivity index (χ3v) is 8.11. The smallest absolute Gasteiger partial charge is 0.189 e. The molecule has 3 aliphatic rings. The van der Waals surface area contributed by atoms with Crippen LogP contribution in [0.5, 0.6) is 0 Å². The fraction of sp³-hybridized carbons (Fsp3) is 0.520. The summed E-state index contributed by atoms with van der Waals surface area (Å²) < 4.78 is 5.86. The van der Waals surface area contributed by atoms with Gasteiger partial charge in [0.2, 0.25) is 0 Å². The second-order valence-electron chi connectivity index (χ2n) is 10.0. The van der Waals surface area contributed by atoms with Gasteiger partial charge in [0.1, 0.15) is 5.82 Å². The van der Waals surface area contributed by atoms with E-state index in [1.165, 1.54) is 0 Å². The van der Waals surface area contributed by atoms with E-state index in [2.05, 4.69) is 36.7 Å². The molecule has 2 fully saturated rings. The van der Waals surface area contributed by atoms with Gasteiger partial charge in [-0.1, -0.05) is 6.07 Å². The topological polar surface area (TPSA) is 124 Å². The van der Waals surface area contributed by atoms with Crippen molar-refractivity contribution in [3.05, 3.63) is 35.8 Å². The number of nitrogens with zero attached hydrogens (tertiary/aromatic N) is 7. The van der Waals surface area contributed by atoms with Crippen molar-refractivity contribution in [3.8, 4) is 0 Å². The van der Waals surface area contributed by atoms with Gasteiger partial charge in [-0.25, -0.2) is 14.8 Å². The molecule has 188 valence electrons. The van der Waals surface area contributed by atoms with Gasteiger partial charge in [-0.05, 0) is 31.9 Å². The molecule has 11 heteroatoms. The Bertz CT molecular complexity index is 1310. The second kappa shape index (κ2) is 8.89. The summed E-state index contributed by atoms with van der Waals surface area (Å²) in [5, 5.41) is 17.2. The Balaban J connectivity index is 1.26. The van der Waals surface area contributed by atoms with Gasteiger partial charge in [0.25, 0.3) is 0 Å². The van der Waals surface area contributed by atoms with Gasteiger partial charge in [-0.2, -0.15) is 5.10 Å². The first-order chi connectivity index (χ1) is 17.5. The Hall–Kier alpha value is -3.46. The van der Waals surface area contributed by atoms with Gasteiger partial charge < -0.3 is 30.3 Å². The molecule has 1 spiro atoms. The van der Waals surface area contributed by atoms with E-state index in [0.717, 1.165) is 49.7 Å². The maximum atomic E-state index is 9.51. The molecule has 0 saturated carbocycles. The molecule has 3 aromatic rings. The number of H-pyrrole nitrogens is 1. The lowest BCUT2D eigenvalue weighted by atomic mass is 9.73. The van der Waals surface area contributed by atoms with E-state index in [4.69, 9.17) is 27.0 Å². The van der Waals surface area contributed by atoms with Crippen LogP contribution < -0.4 is 20.4 Å². The summed E-state index contributed by atoms with van der Waals surface area (Å²) in [4.78, 5) is 19.7. The van der Waals surface area contributed by atoms with E-state index >= 15 is 0 Å². The summed E-state index contributed by atoms with van der Waals surface area (Å²) in [6.45, 7) is 13.9. The molecule has 5 heterocycles. The van der Waals surface area contributed by atoms with Crippen LogP contribution in [0.2, 0.25) is 0 Å². The molecule has 11 nitrogen and oxygen atoms in total. The summed E-state index contributed by atoms with van der Waals surface area (Å²) in [7, 11) is 0. The molecular weight excluding hydrogens is 458 g/mol. The van der Waals surface area contributed by atoms with Crippen LogP contribution >= 0.6 is 0 Å². The monoisotopic (exact) mass is 489 g/mol. The van der Waals surface area contributed by atoms with Gasteiger partial charge in [-0.15, -0.1) is 0 Å². The van der Waals surface area contributed by atoms with Crippen molar-refractivity contribution in [2.24, 2.45) is 11.1 Å². The number of ether oxygens (including phenoxy) is 1. The Kier molecular flexibility index (Phi) is 5.67. The molecule has 3 aliphatic heterocycles. The first kappa shape index (κ1) is 23.0. The van der Waals surface area contributed by atoms with Crippen molar-refractivity contribution in [1.82, 2.24) is 20.2 Å². The third kappa shape index (κ3) is 3.64. The number of benzene rings is 1. The fourth-order valence-corrected chi connectivity index (χ4v) is 5.87. The quantitative estimate of drug-likeness (QED) is 0.473. The van der Waals surface area contributed by atoms with E-state index in [1.807, 2.05) is 24.4 Å². The molecule has 0 bridgehead atoms. The van der Waals surface area contributed by atoms with Gasteiger partial charge in [-0.3, -0.25) is 5.10 Å². The zero-order valence-corrected chi connectivity index (χ0v) is 20.4. The third-order valence-electron chi connectivity index (χ3n) is 8.11. The van der Waals surface area contributed by atoms with Crippen molar-refractivity contribution < 1.29 is 9.84 Å². The van der Waals surface area contributed by atoms with Crippen molar-refractivity contribution in [3.63, 3.8) is 0 Å². The van der Waals surface area contributed by atoms with Gasteiger partial charge in [0, 0.05) is 44.2 Å². The maximum absolute atomic E-state index is 9.51. The molecule has 4 N–H and O–H groups in total. The van der Waals surface area contributed by atoms with Crippen molar-refractivity contribution >= 4 is 39.9 Å². The summed E-state index contributed by atoms with van der Waals surface area (Å²) in [6, 6.07) is 5.70. The predicted octanol–water partition coefficient (Wildman–Crippen LogP) is 2.19. The van der Waals surface area contributed by atoms with E-state index in [0.29, 0.717) is 42.3 Å². The van der Waals surface area contributed by atoms with Crippen LogP contribution in [0, 0.1) is 12.0 Å². The molecular formula is C25H31N9O2. The molecule has 2 aromatic heterocycles. The SMILES string of the molecule is [C-]#[N+]c1ccc2c(c1)N(CCO)CCN2c1n[nH]c2nc(N3CCC4(CC3)CO[C@@H](C)[C@H]4N)cnc12. The Morgan fingerprint density at radius 1 is 1.25 bits per heavy atom. The average molecular weight is 490 g/mol. The number of aromatic nitrogens is 4. The van der Waals surface area contributed by atoms with Gasteiger partial charge in [0.05, 0.1) is 43.5 Å². The van der Waals surface area contributed by atoms with E-state index in [-0.39, 0.29) is 24.2 Å². The number of piperidine rings is 1. The number of aromatic amines is 1. The van der Waals surface area contributed by atoms with Crippen LogP contribution in [0.4, 0.5) is 28.7 Å². The molecule has 0 aliphatic carbocycles. The molecule has 0 radical (unpaired) electrons. The standard InChI is InChI=1S/C25H31N9O2/c1-16-22(26)25(15-36-16)5-7-33(8-6-25)20-14-28-21-23(29-20)30-31-24(21)34-10-9-32(11-12-35)19-13-17(27-2)3-4-18(19)34/h3-4,13-14,16,22,35H,5-12,15,26H2,1H3,(H,29,30,31)/t16-,22+/m0/s1. The lowest BCUT2D eigenvalue weighted by Gasteiger charge is -2.41. The van der Waals surface area contributed by atoms with Gasteiger partial charge >= 0.3 is 0 Å². The fourth-order valence-electron chi connectivity index (χ4n) is 5.87. The number of aliphatic hydroxyl groups is 1. The molecule has 0 unspecified atom stereocenters. The Morgan fingerprint density at radius 3 is 2.81 bits per heavy atom. The van der Waals surface area contributed by atoms with Crippen LogP contribution in [0.15, 0.2) is 24.4 Å². The minimum atomic E-state index is 0.0525. The second-order valence-corrected chi connectivity index (χ2v) is 10.0. The predicted molar refractivity (Wildman–Crippen MR) is 138 cm³/mol. The number of hydrogen-bond donors (Lipinski definition) is 3. The maximum Gasteiger partial charge on any atom is 0.189 e. The molecule has 2 atom stereocenters. The minimum absolute atomic E-state index is 0.0525. The van der Waals surface area contributed by atoms with Crippen molar-refractivity contribution in [2.75, 3.05) is 60.6 Å². The van der Waals surface area contributed by atoms with Crippen LogP contribution in [-0.4, -0.2) is 83.4 Å². The van der Waals surface area contributed by atoms with E-state index in [1.54, 1.807) is 0 Å². The summed E-state index contributed by atoms with van der Waals surface area (Å²) >= 11 is 0. The number of anilines is 4. The van der Waals surface area contributed by atoms with E-state index in [9.17, 15) is 5.11 Å².